The summed E-state index contributed by atoms with van der Waals surface area (Å²) in [6.07, 6.45) is 2.13. The van der Waals surface area contributed by atoms with E-state index >= 15 is 0 Å². The standard InChI is InChI=1S/C20H22F2N2O3S/c21-17-7-5-16(6-8-17)20(25)24-13-10-15(11-14-24)9-12-23-28(26,27)19-4-2-1-3-18(19)22/h1-8,15,23H,9-14H2. The highest BCUT2D eigenvalue weighted by molar-refractivity contribution is 7.89. The third-order valence-electron chi connectivity index (χ3n) is 4.96. The molecule has 0 saturated carbocycles. The van der Waals surface area contributed by atoms with Crippen LogP contribution in [0.2, 0.25) is 0 Å². The summed E-state index contributed by atoms with van der Waals surface area (Å²) in [6, 6.07) is 10.7. The maximum atomic E-state index is 13.7. The quantitative estimate of drug-likeness (QED) is 0.798. The van der Waals surface area contributed by atoms with Crippen LogP contribution in [0.5, 0.6) is 0 Å². The summed E-state index contributed by atoms with van der Waals surface area (Å²) in [4.78, 5) is 13.8. The van der Waals surface area contributed by atoms with Gasteiger partial charge in [0.1, 0.15) is 16.5 Å². The minimum Gasteiger partial charge on any atom is -0.339 e. The van der Waals surface area contributed by atoms with Gasteiger partial charge in [0, 0.05) is 25.2 Å². The van der Waals surface area contributed by atoms with Crippen molar-refractivity contribution in [1.29, 1.82) is 0 Å². The normalized spacial score (nSPS) is 15.6. The van der Waals surface area contributed by atoms with Gasteiger partial charge in [0.2, 0.25) is 10.0 Å². The van der Waals surface area contributed by atoms with E-state index in [1.807, 2.05) is 0 Å². The minimum atomic E-state index is -3.88. The number of halogens is 2. The summed E-state index contributed by atoms with van der Waals surface area (Å²) in [5, 5.41) is 0. The molecular weight excluding hydrogens is 386 g/mol. The van der Waals surface area contributed by atoms with Crippen LogP contribution in [0.25, 0.3) is 0 Å². The van der Waals surface area contributed by atoms with Crippen LogP contribution in [0.4, 0.5) is 8.78 Å². The van der Waals surface area contributed by atoms with Gasteiger partial charge < -0.3 is 4.90 Å². The number of nitrogens with zero attached hydrogens (tertiary/aromatic N) is 1. The van der Waals surface area contributed by atoms with Gasteiger partial charge in [-0.05, 0) is 61.6 Å². The molecule has 0 unspecified atom stereocenters. The van der Waals surface area contributed by atoms with Gasteiger partial charge in [-0.25, -0.2) is 21.9 Å². The van der Waals surface area contributed by atoms with Crippen LogP contribution in [-0.2, 0) is 10.0 Å². The monoisotopic (exact) mass is 408 g/mol. The van der Waals surface area contributed by atoms with Gasteiger partial charge in [-0.1, -0.05) is 12.1 Å². The Hall–Kier alpha value is -2.32. The van der Waals surface area contributed by atoms with Crippen LogP contribution in [0.3, 0.4) is 0 Å². The molecule has 1 heterocycles. The van der Waals surface area contributed by atoms with Crippen molar-refractivity contribution >= 4 is 15.9 Å². The lowest BCUT2D eigenvalue weighted by molar-refractivity contribution is 0.0687. The first-order valence-electron chi connectivity index (χ1n) is 9.16. The molecule has 0 bridgehead atoms. The zero-order valence-corrected chi connectivity index (χ0v) is 16.1. The Kier molecular flexibility index (Phi) is 6.41. The third kappa shape index (κ3) is 4.94. The van der Waals surface area contributed by atoms with Crippen LogP contribution >= 0.6 is 0 Å². The first-order chi connectivity index (χ1) is 13.4. The first kappa shape index (κ1) is 20.4. The van der Waals surface area contributed by atoms with Crippen molar-refractivity contribution in [2.75, 3.05) is 19.6 Å². The van der Waals surface area contributed by atoms with E-state index in [1.54, 1.807) is 4.90 Å². The van der Waals surface area contributed by atoms with E-state index in [9.17, 15) is 22.0 Å². The van der Waals surface area contributed by atoms with E-state index in [0.717, 1.165) is 18.9 Å². The Labute approximate surface area is 163 Å². The summed E-state index contributed by atoms with van der Waals surface area (Å²) in [6.45, 7) is 1.36. The predicted octanol–water partition coefficient (Wildman–Crippen LogP) is 3.19. The first-order valence-corrected chi connectivity index (χ1v) is 10.6. The molecule has 1 amide bonds. The molecule has 0 aliphatic carbocycles. The number of hydrogen-bond acceptors (Lipinski definition) is 3. The molecule has 1 aliphatic rings. The van der Waals surface area contributed by atoms with Gasteiger partial charge in [0.15, 0.2) is 0 Å². The topological polar surface area (TPSA) is 66.5 Å². The van der Waals surface area contributed by atoms with Crippen molar-refractivity contribution in [3.63, 3.8) is 0 Å². The van der Waals surface area contributed by atoms with Gasteiger partial charge in [-0.15, -0.1) is 0 Å². The van der Waals surface area contributed by atoms with Crippen molar-refractivity contribution in [1.82, 2.24) is 9.62 Å². The van der Waals surface area contributed by atoms with Crippen molar-refractivity contribution < 1.29 is 22.0 Å². The fraction of sp³-hybridized carbons (Fsp3) is 0.350. The number of nitrogens with one attached hydrogen (secondary N) is 1. The summed E-state index contributed by atoms with van der Waals surface area (Å²) in [7, 11) is -3.88. The highest BCUT2D eigenvalue weighted by atomic mass is 32.2. The van der Waals surface area contributed by atoms with Crippen molar-refractivity contribution in [2.24, 2.45) is 5.92 Å². The molecular formula is C20H22F2N2O3S. The number of carbonyl (C=O) groups is 1. The fourth-order valence-corrected chi connectivity index (χ4v) is 4.46. The van der Waals surface area contributed by atoms with Gasteiger partial charge in [0.05, 0.1) is 0 Å². The molecule has 1 aliphatic heterocycles. The zero-order chi connectivity index (χ0) is 20.1. The third-order valence-corrected chi connectivity index (χ3v) is 6.46. The molecule has 2 aromatic carbocycles. The Morgan fingerprint density at radius 1 is 1.04 bits per heavy atom. The Bertz CT molecular complexity index is 925. The number of amides is 1. The predicted molar refractivity (Wildman–Crippen MR) is 101 cm³/mol. The van der Waals surface area contributed by atoms with E-state index in [0.29, 0.717) is 25.1 Å². The lowest BCUT2D eigenvalue weighted by atomic mass is 9.93. The van der Waals surface area contributed by atoms with Crippen LogP contribution in [0, 0.1) is 17.6 Å². The molecule has 8 heteroatoms. The van der Waals surface area contributed by atoms with E-state index in [2.05, 4.69) is 4.72 Å². The van der Waals surface area contributed by atoms with Gasteiger partial charge >= 0.3 is 0 Å². The van der Waals surface area contributed by atoms with Crippen molar-refractivity contribution in [3.05, 3.63) is 65.7 Å². The number of sulfonamides is 1. The summed E-state index contributed by atoms with van der Waals surface area (Å²) in [5.41, 5.74) is 0.456. The molecule has 1 fully saturated rings. The number of benzene rings is 2. The van der Waals surface area contributed by atoms with E-state index < -0.39 is 15.8 Å². The molecule has 1 N–H and O–H groups in total. The zero-order valence-electron chi connectivity index (χ0n) is 15.3. The van der Waals surface area contributed by atoms with Gasteiger partial charge in [0.25, 0.3) is 5.91 Å². The molecule has 150 valence electrons. The number of likely N-dealkylation sites (tertiary alicyclic amines) is 1. The average Bonchev–Trinajstić information content (AvgIpc) is 2.69. The Morgan fingerprint density at radius 2 is 1.68 bits per heavy atom. The lowest BCUT2D eigenvalue weighted by Gasteiger charge is -2.32. The number of rotatable bonds is 6. The molecule has 3 rings (SSSR count). The van der Waals surface area contributed by atoms with E-state index in [-0.39, 0.29) is 29.1 Å². The smallest absolute Gasteiger partial charge is 0.253 e. The van der Waals surface area contributed by atoms with Crippen LogP contribution in [0.15, 0.2) is 53.4 Å². The van der Waals surface area contributed by atoms with Crippen LogP contribution < -0.4 is 4.72 Å². The molecule has 0 spiro atoms. The molecule has 1 saturated heterocycles. The highest BCUT2D eigenvalue weighted by Crippen LogP contribution is 2.22. The molecule has 0 atom stereocenters. The average molecular weight is 408 g/mol. The van der Waals surface area contributed by atoms with Gasteiger partial charge in [-0.3, -0.25) is 4.79 Å². The maximum absolute atomic E-state index is 13.7. The molecule has 0 aromatic heterocycles. The van der Waals surface area contributed by atoms with E-state index in [1.165, 1.54) is 42.5 Å². The Morgan fingerprint density at radius 3 is 2.32 bits per heavy atom. The highest BCUT2D eigenvalue weighted by Gasteiger charge is 2.24. The Balaban J connectivity index is 1.46. The summed E-state index contributed by atoms with van der Waals surface area (Å²) < 4.78 is 53.5. The van der Waals surface area contributed by atoms with E-state index in [4.69, 9.17) is 0 Å². The number of hydrogen-bond donors (Lipinski definition) is 1. The minimum absolute atomic E-state index is 0.126. The van der Waals surface area contributed by atoms with Crippen molar-refractivity contribution in [3.8, 4) is 0 Å². The van der Waals surface area contributed by atoms with Gasteiger partial charge in [-0.2, -0.15) is 0 Å². The maximum Gasteiger partial charge on any atom is 0.253 e. The summed E-state index contributed by atoms with van der Waals surface area (Å²) >= 11 is 0. The number of carbonyl (C=O) groups excluding carboxylic acids is 1. The SMILES string of the molecule is O=C(c1ccc(F)cc1)N1CCC(CCNS(=O)(=O)c2ccccc2F)CC1. The second-order valence-electron chi connectivity index (χ2n) is 6.86. The van der Waals surface area contributed by atoms with Crippen LogP contribution in [0.1, 0.15) is 29.6 Å². The molecule has 5 nitrogen and oxygen atoms in total. The number of piperidine rings is 1. The van der Waals surface area contributed by atoms with Crippen molar-refractivity contribution in [2.45, 2.75) is 24.2 Å². The second-order valence-corrected chi connectivity index (χ2v) is 8.59. The largest absolute Gasteiger partial charge is 0.339 e. The van der Waals surface area contributed by atoms with Crippen LogP contribution in [-0.4, -0.2) is 38.9 Å². The molecule has 28 heavy (non-hydrogen) atoms. The summed E-state index contributed by atoms with van der Waals surface area (Å²) in [5.74, 6) is -1.00. The molecule has 0 radical (unpaired) electrons. The second kappa shape index (κ2) is 8.79. The fourth-order valence-electron chi connectivity index (χ4n) is 3.34. The molecule has 2 aromatic rings. The lowest BCUT2D eigenvalue weighted by Crippen LogP contribution is -2.39.